The highest BCUT2D eigenvalue weighted by atomic mass is 32.2. The fourth-order valence-electron chi connectivity index (χ4n) is 3.28. The van der Waals surface area contributed by atoms with Crippen LogP contribution >= 0.6 is 11.8 Å². The number of aromatic nitrogens is 3. The molecule has 8 nitrogen and oxygen atoms in total. The number of hydrogen-bond donors (Lipinski definition) is 0. The van der Waals surface area contributed by atoms with E-state index >= 15 is 0 Å². The number of nitro groups is 1. The van der Waals surface area contributed by atoms with Gasteiger partial charge in [0.05, 0.1) is 10.7 Å². The molecule has 3 aromatic rings. The van der Waals surface area contributed by atoms with Gasteiger partial charge in [-0.1, -0.05) is 30.0 Å². The van der Waals surface area contributed by atoms with Crippen molar-refractivity contribution in [1.29, 1.82) is 0 Å². The van der Waals surface area contributed by atoms with Crippen LogP contribution in [0, 0.1) is 10.1 Å². The summed E-state index contributed by atoms with van der Waals surface area (Å²) in [5.41, 5.74) is 1.59. The number of carbonyl (C=O) groups is 1. The van der Waals surface area contributed by atoms with Crippen molar-refractivity contribution in [2.45, 2.75) is 18.0 Å². The Morgan fingerprint density at radius 3 is 2.38 bits per heavy atom. The molecule has 0 spiro atoms. The van der Waals surface area contributed by atoms with Crippen molar-refractivity contribution in [2.24, 2.45) is 0 Å². The molecule has 1 fully saturated rings. The molecule has 2 aromatic carbocycles. The van der Waals surface area contributed by atoms with Crippen molar-refractivity contribution in [3.63, 3.8) is 0 Å². The van der Waals surface area contributed by atoms with Gasteiger partial charge in [0.1, 0.15) is 0 Å². The molecule has 29 heavy (non-hydrogen) atoms. The topological polar surface area (TPSA) is 94.2 Å². The lowest BCUT2D eigenvalue weighted by Crippen LogP contribution is -2.29. The van der Waals surface area contributed by atoms with Gasteiger partial charge < -0.3 is 4.90 Å². The zero-order chi connectivity index (χ0) is 20.2. The Hall–Kier alpha value is -3.20. The Morgan fingerprint density at radius 2 is 1.72 bits per heavy atom. The van der Waals surface area contributed by atoms with E-state index in [0.717, 1.165) is 31.6 Å². The molecule has 0 atom stereocenters. The second-order valence-electron chi connectivity index (χ2n) is 6.66. The molecule has 1 aliphatic heterocycles. The third kappa shape index (κ3) is 4.14. The summed E-state index contributed by atoms with van der Waals surface area (Å²) in [5, 5.41) is 20.1. The molecule has 0 saturated carbocycles. The second kappa shape index (κ2) is 8.44. The molecule has 0 aliphatic carbocycles. The molecular formula is C20H19N5O3S. The average Bonchev–Trinajstić information content (AvgIpc) is 3.43. The minimum atomic E-state index is -0.434. The third-order valence-electron chi connectivity index (χ3n) is 4.77. The van der Waals surface area contributed by atoms with Crippen molar-refractivity contribution in [2.75, 3.05) is 18.8 Å². The molecule has 2 heterocycles. The summed E-state index contributed by atoms with van der Waals surface area (Å²) in [6.45, 7) is 1.64. The summed E-state index contributed by atoms with van der Waals surface area (Å²) in [4.78, 5) is 24.8. The van der Waals surface area contributed by atoms with Crippen molar-refractivity contribution in [3.8, 4) is 17.1 Å². The van der Waals surface area contributed by atoms with Gasteiger partial charge in [-0.25, -0.2) is 0 Å². The van der Waals surface area contributed by atoms with E-state index in [1.807, 2.05) is 39.8 Å². The molecule has 0 unspecified atom stereocenters. The lowest BCUT2D eigenvalue weighted by atomic mass is 10.2. The Balaban J connectivity index is 1.65. The Morgan fingerprint density at radius 1 is 1.03 bits per heavy atom. The van der Waals surface area contributed by atoms with Gasteiger partial charge in [-0.05, 0) is 37.1 Å². The number of benzene rings is 2. The number of nitro benzene ring substituents is 1. The number of para-hydroxylation sites is 1. The molecule has 9 heteroatoms. The predicted molar refractivity (Wildman–Crippen MR) is 110 cm³/mol. The summed E-state index contributed by atoms with van der Waals surface area (Å²) in [6.07, 6.45) is 2.11. The number of thioether (sulfide) groups is 1. The molecule has 148 valence electrons. The SMILES string of the molecule is O=C(CSc1nnc(-c2ccc([N+](=O)[O-])cc2)n1-c1ccccc1)N1CCCC1. The molecule has 0 radical (unpaired) electrons. The molecule has 1 aromatic heterocycles. The minimum absolute atomic E-state index is 0.0188. The van der Waals surface area contributed by atoms with E-state index in [1.165, 1.54) is 23.9 Å². The van der Waals surface area contributed by atoms with E-state index in [2.05, 4.69) is 10.2 Å². The van der Waals surface area contributed by atoms with E-state index < -0.39 is 4.92 Å². The van der Waals surface area contributed by atoms with Crippen molar-refractivity contribution in [1.82, 2.24) is 19.7 Å². The Kier molecular flexibility index (Phi) is 5.57. The van der Waals surface area contributed by atoms with Gasteiger partial charge >= 0.3 is 0 Å². The smallest absolute Gasteiger partial charge is 0.269 e. The fourth-order valence-corrected chi connectivity index (χ4v) is 4.13. The highest BCUT2D eigenvalue weighted by Crippen LogP contribution is 2.29. The van der Waals surface area contributed by atoms with Gasteiger partial charge in [0, 0.05) is 36.5 Å². The molecule has 0 bridgehead atoms. The van der Waals surface area contributed by atoms with Gasteiger partial charge in [-0.2, -0.15) is 0 Å². The summed E-state index contributed by atoms with van der Waals surface area (Å²) in [7, 11) is 0. The summed E-state index contributed by atoms with van der Waals surface area (Å²) < 4.78 is 1.88. The highest BCUT2D eigenvalue weighted by Gasteiger charge is 2.21. The Labute approximate surface area is 171 Å². The van der Waals surface area contributed by atoms with Crippen molar-refractivity contribution >= 4 is 23.4 Å². The Bertz CT molecular complexity index is 1010. The normalized spacial score (nSPS) is 13.6. The average molecular weight is 409 g/mol. The van der Waals surface area contributed by atoms with Gasteiger partial charge in [-0.3, -0.25) is 19.5 Å². The predicted octanol–water partition coefficient (Wildman–Crippen LogP) is 3.56. The minimum Gasteiger partial charge on any atom is -0.342 e. The van der Waals surface area contributed by atoms with Gasteiger partial charge in [0.15, 0.2) is 11.0 Å². The van der Waals surface area contributed by atoms with E-state index in [1.54, 1.807) is 12.1 Å². The maximum absolute atomic E-state index is 12.4. The number of hydrogen-bond acceptors (Lipinski definition) is 6. The molecule has 1 amide bonds. The number of carbonyl (C=O) groups excluding carboxylic acids is 1. The van der Waals surface area contributed by atoms with Crippen LogP contribution in [-0.4, -0.2) is 49.3 Å². The lowest BCUT2D eigenvalue weighted by molar-refractivity contribution is -0.384. The number of nitrogens with zero attached hydrogens (tertiary/aromatic N) is 5. The van der Waals surface area contributed by atoms with E-state index in [4.69, 9.17) is 0 Å². The van der Waals surface area contributed by atoms with Crippen LogP contribution in [0.2, 0.25) is 0 Å². The molecule has 1 saturated heterocycles. The first-order valence-electron chi connectivity index (χ1n) is 9.30. The number of amides is 1. The summed E-state index contributed by atoms with van der Waals surface area (Å²) in [6, 6.07) is 15.8. The zero-order valence-electron chi connectivity index (χ0n) is 15.6. The van der Waals surface area contributed by atoms with E-state index in [-0.39, 0.29) is 11.6 Å². The van der Waals surface area contributed by atoms with Crippen LogP contribution in [0.15, 0.2) is 59.8 Å². The maximum Gasteiger partial charge on any atom is 0.269 e. The van der Waals surface area contributed by atoms with Gasteiger partial charge in [0.25, 0.3) is 5.69 Å². The van der Waals surface area contributed by atoms with Crippen LogP contribution in [0.4, 0.5) is 5.69 Å². The zero-order valence-corrected chi connectivity index (χ0v) is 16.4. The highest BCUT2D eigenvalue weighted by molar-refractivity contribution is 7.99. The van der Waals surface area contributed by atoms with Crippen molar-refractivity contribution in [3.05, 3.63) is 64.7 Å². The fraction of sp³-hybridized carbons (Fsp3) is 0.250. The first-order chi connectivity index (χ1) is 14.1. The first-order valence-corrected chi connectivity index (χ1v) is 10.3. The summed E-state index contributed by atoms with van der Waals surface area (Å²) >= 11 is 1.35. The van der Waals surface area contributed by atoms with E-state index in [9.17, 15) is 14.9 Å². The van der Waals surface area contributed by atoms with Crippen LogP contribution in [0.25, 0.3) is 17.1 Å². The first kappa shape index (κ1) is 19.1. The van der Waals surface area contributed by atoms with Gasteiger partial charge in [-0.15, -0.1) is 10.2 Å². The molecule has 0 N–H and O–H groups in total. The maximum atomic E-state index is 12.4. The van der Waals surface area contributed by atoms with Gasteiger partial charge in [0.2, 0.25) is 5.91 Å². The molecular weight excluding hydrogens is 390 g/mol. The van der Waals surface area contributed by atoms with Crippen LogP contribution in [0.3, 0.4) is 0 Å². The molecule has 1 aliphatic rings. The molecule has 4 rings (SSSR count). The lowest BCUT2D eigenvalue weighted by Gasteiger charge is -2.15. The third-order valence-corrected chi connectivity index (χ3v) is 5.68. The van der Waals surface area contributed by atoms with Crippen LogP contribution < -0.4 is 0 Å². The van der Waals surface area contributed by atoms with Crippen LogP contribution in [-0.2, 0) is 4.79 Å². The summed E-state index contributed by atoms with van der Waals surface area (Å²) in [5.74, 6) is 0.972. The van der Waals surface area contributed by atoms with E-state index in [0.29, 0.717) is 22.3 Å². The standard InChI is InChI=1S/C20H19N5O3S/c26-18(23-12-4-5-13-23)14-29-20-22-21-19(24(20)16-6-2-1-3-7-16)15-8-10-17(11-9-15)25(27)28/h1-3,6-11H,4-5,12-14H2. The van der Waals surface area contributed by atoms with Crippen LogP contribution in [0.1, 0.15) is 12.8 Å². The number of rotatable bonds is 6. The number of non-ortho nitro benzene ring substituents is 1. The number of likely N-dealkylation sites (tertiary alicyclic amines) is 1. The monoisotopic (exact) mass is 409 g/mol. The van der Waals surface area contributed by atoms with Crippen LogP contribution in [0.5, 0.6) is 0 Å². The second-order valence-corrected chi connectivity index (χ2v) is 7.60. The quantitative estimate of drug-likeness (QED) is 0.351. The largest absolute Gasteiger partial charge is 0.342 e. The van der Waals surface area contributed by atoms with Crippen molar-refractivity contribution < 1.29 is 9.72 Å².